The average molecular weight is 355 g/mol. The lowest BCUT2D eigenvalue weighted by Gasteiger charge is -2.31. The molecule has 0 aliphatic heterocycles. The van der Waals surface area contributed by atoms with Gasteiger partial charge in [-0.25, -0.2) is 4.79 Å². The van der Waals surface area contributed by atoms with Crippen molar-refractivity contribution in [2.45, 2.75) is 26.2 Å². The van der Waals surface area contributed by atoms with E-state index in [1.54, 1.807) is 36.2 Å². The van der Waals surface area contributed by atoms with Crippen LogP contribution in [0.1, 0.15) is 35.3 Å². The molecule has 138 valence electrons. The first-order chi connectivity index (χ1) is 12.2. The molecule has 0 spiro atoms. The highest BCUT2D eigenvalue weighted by Crippen LogP contribution is 2.25. The van der Waals surface area contributed by atoms with Gasteiger partial charge in [0.1, 0.15) is 5.75 Å². The van der Waals surface area contributed by atoms with Crippen LogP contribution in [0.3, 0.4) is 0 Å². The van der Waals surface area contributed by atoms with Crippen LogP contribution in [0.15, 0.2) is 48.5 Å². The number of ether oxygens (including phenoxy) is 1. The van der Waals surface area contributed by atoms with Gasteiger partial charge in [-0.05, 0) is 30.7 Å². The summed E-state index contributed by atoms with van der Waals surface area (Å²) in [4.78, 5) is 25.0. The number of benzene rings is 2. The van der Waals surface area contributed by atoms with Crippen molar-refractivity contribution in [2.75, 3.05) is 20.2 Å². The van der Waals surface area contributed by atoms with Gasteiger partial charge in [-0.3, -0.25) is 4.79 Å². The molecule has 0 unspecified atom stereocenters. The molecule has 2 rings (SSSR count). The fourth-order valence-corrected chi connectivity index (χ4v) is 2.85. The van der Waals surface area contributed by atoms with E-state index in [4.69, 9.17) is 9.84 Å². The Bertz CT molecular complexity index is 781. The van der Waals surface area contributed by atoms with Gasteiger partial charge >= 0.3 is 5.97 Å². The summed E-state index contributed by atoms with van der Waals surface area (Å²) in [5.74, 6) is -0.825. The van der Waals surface area contributed by atoms with Gasteiger partial charge < -0.3 is 14.7 Å². The van der Waals surface area contributed by atoms with Crippen molar-refractivity contribution in [3.05, 3.63) is 65.2 Å². The number of rotatable bonds is 7. The number of carboxylic acid groups (broad SMARTS) is 1. The molecule has 0 saturated heterocycles. The molecule has 0 radical (unpaired) electrons. The van der Waals surface area contributed by atoms with E-state index in [0.29, 0.717) is 17.9 Å². The van der Waals surface area contributed by atoms with Crippen LogP contribution in [0.4, 0.5) is 0 Å². The largest absolute Gasteiger partial charge is 0.482 e. The van der Waals surface area contributed by atoms with E-state index in [1.165, 1.54) is 11.1 Å². The quantitative estimate of drug-likeness (QED) is 0.825. The predicted molar refractivity (Wildman–Crippen MR) is 101 cm³/mol. The second kappa shape index (κ2) is 8.04. The third-order valence-corrected chi connectivity index (χ3v) is 4.26. The molecule has 0 aromatic heterocycles. The summed E-state index contributed by atoms with van der Waals surface area (Å²) < 4.78 is 5.15. The Labute approximate surface area is 154 Å². The summed E-state index contributed by atoms with van der Waals surface area (Å²) in [6.45, 7) is 6.37. The zero-order valence-electron chi connectivity index (χ0n) is 15.7. The van der Waals surface area contributed by atoms with Crippen LogP contribution in [0.5, 0.6) is 5.75 Å². The summed E-state index contributed by atoms with van der Waals surface area (Å²) in [7, 11) is 1.77. The van der Waals surface area contributed by atoms with Gasteiger partial charge in [0.05, 0.1) is 0 Å². The summed E-state index contributed by atoms with van der Waals surface area (Å²) >= 11 is 0. The third-order valence-electron chi connectivity index (χ3n) is 4.26. The summed E-state index contributed by atoms with van der Waals surface area (Å²) in [6.07, 6.45) is 0. The lowest BCUT2D eigenvalue weighted by atomic mass is 9.83. The smallest absolute Gasteiger partial charge is 0.341 e. The number of hydrogen-bond acceptors (Lipinski definition) is 3. The van der Waals surface area contributed by atoms with Crippen LogP contribution in [0, 0.1) is 6.92 Å². The van der Waals surface area contributed by atoms with E-state index in [1.807, 2.05) is 6.92 Å². The van der Waals surface area contributed by atoms with Crippen molar-refractivity contribution in [3.63, 3.8) is 0 Å². The fourth-order valence-electron chi connectivity index (χ4n) is 2.85. The van der Waals surface area contributed by atoms with Crippen molar-refractivity contribution < 1.29 is 19.4 Å². The molecule has 2 aromatic rings. The summed E-state index contributed by atoms with van der Waals surface area (Å²) in [5, 5.41) is 8.69. The molecule has 0 fully saturated rings. The number of hydrogen-bond donors (Lipinski definition) is 1. The Hall–Kier alpha value is -2.82. The van der Waals surface area contributed by atoms with Gasteiger partial charge in [0.25, 0.3) is 5.91 Å². The minimum absolute atomic E-state index is 0.133. The minimum atomic E-state index is -1.06. The molecule has 26 heavy (non-hydrogen) atoms. The molecule has 0 aliphatic rings. The zero-order valence-corrected chi connectivity index (χ0v) is 15.7. The lowest BCUT2D eigenvalue weighted by molar-refractivity contribution is -0.139. The van der Waals surface area contributed by atoms with E-state index in [2.05, 4.69) is 38.1 Å². The van der Waals surface area contributed by atoms with E-state index in [9.17, 15) is 9.59 Å². The van der Waals surface area contributed by atoms with Crippen LogP contribution in [0.2, 0.25) is 0 Å². The van der Waals surface area contributed by atoms with Gasteiger partial charge in [0.15, 0.2) is 6.61 Å². The molecular formula is C21H25NO4. The maximum atomic E-state index is 12.8. The van der Waals surface area contributed by atoms with Gasteiger partial charge in [-0.2, -0.15) is 0 Å². The summed E-state index contributed by atoms with van der Waals surface area (Å²) in [6, 6.07) is 14.9. The van der Waals surface area contributed by atoms with Crippen LogP contribution in [-0.4, -0.2) is 42.1 Å². The number of aryl methyl sites for hydroxylation is 1. The number of aliphatic carboxylic acids is 1. The monoisotopic (exact) mass is 355 g/mol. The van der Waals surface area contributed by atoms with Crippen LogP contribution in [-0.2, 0) is 10.2 Å². The number of nitrogens with zero attached hydrogens (tertiary/aromatic N) is 1. The fraction of sp³-hybridized carbons (Fsp3) is 0.333. The topological polar surface area (TPSA) is 66.8 Å². The molecule has 1 amide bonds. The zero-order chi connectivity index (χ0) is 19.3. The van der Waals surface area contributed by atoms with Crippen molar-refractivity contribution in [1.29, 1.82) is 0 Å². The lowest BCUT2D eigenvalue weighted by Crippen LogP contribution is -2.38. The number of likely N-dealkylation sites (N-methyl/N-ethyl adjacent to an activating group) is 1. The van der Waals surface area contributed by atoms with Crippen molar-refractivity contribution in [1.82, 2.24) is 4.90 Å². The first-order valence-corrected chi connectivity index (χ1v) is 8.46. The summed E-state index contributed by atoms with van der Waals surface area (Å²) in [5.41, 5.74) is 2.64. The van der Waals surface area contributed by atoms with Crippen LogP contribution in [0.25, 0.3) is 0 Å². The number of carboxylic acids is 1. The third kappa shape index (κ3) is 5.09. The minimum Gasteiger partial charge on any atom is -0.482 e. The molecule has 0 aliphatic carbocycles. The number of carbonyl (C=O) groups is 2. The molecule has 2 aromatic carbocycles. The standard InChI is InChI=1S/C21H25NO4/c1-15-8-10-17(11-9-15)21(2,3)14-22(4)20(25)16-6-5-7-18(12-16)26-13-19(23)24/h5-12H,13-14H2,1-4H3,(H,23,24). The SMILES string of the molecule is Cc1ccc(C(C)(C)CN(C)C(=O)c2cccc(OCC(=O)O)c2)cc1. The maximum Gasteiger partial charge on any atom is 0.341 e. The van der Waals surface area contributed by atoms with Crippen molar-refractivity contribution in [3.8, 4) is 5.75 Å². The van der Waals surface area contributed by atoms with E-state index in [0.717, 1.165) is 0 Å². The second-order valence-electron chi connectivity index (χ2n) is 7.12. The van der Waals surface area contributed by atoms with Gasteiger partial charge in [0.2, 0.25) is 0 Å². The highest BCUT2D eigenvalue weighted by atomic mass is 16.5. The number of amides is 1. The van der Waals surface area contributed by atoms with Crippen molar-refractivity contribution >= 4 is 11.9 Å². The Morgan fingerprint density at radius 3 is 2.38 bits per heavy atom. The Balaban J connectivity index is 2.10. The molecular weight excluding hydrogens is 330 g/mol. The normalized spacial score (nSPS) is 11.1. The van der Waals surface area contributed by atoms with Crippen LogP contribution < -0.4 is 4.74 Å². The molecule has 0 atom stereocenters. The van der Waals surface area contributed by atoms with Crippen LogP contribution >= 0.6 is 0 Å². The van der Waals surface area contributed by atoms with E-state index >= 15 is 0 Å². The van der Waals surface area contributed by atoms with E-state index < -0.39 is 12.6 Å². The second-order valence-corrected chi connectivity index (χ2v) is 7.12. The van der Waals surface area contributed by atoms with E-state index in [-0.39, 0.29) is 11.3 Å². The first kappa shape index (κ1) is 19.5. The van der Waals surface area contributed by atoms with Gasteiger partial charge in [-0.1, -0.05) is 49.7 Å². The van der Waals surface area contributed by atoms with Gasteiger partial charge in [0, 0.05) is 24.6 Å². The molecule has 5 nitrogen and oxygen atoms in total. The Morgan fingerprint density at radius 1 is 1.12 bits per heavy atom. The van der Waals surface area contributed by atoms with Gasteiger partial charge in [-0.15, -0.1) is 0 Å². The predicted octanol–water partition coefficient (Wildman–Crippen LogP) is 3.51. The molecule has 0 heterocycles. The maximum absolute atomic E-state index is 12.8. The highest BCUT2D eigenvalue weighted by Gasteiger charge is 2.25. The van der Waals surface area contributed by atoms with Crippen molar-refractivity contribution in [2.24, 2.45) is 0 Å². The Kier molecular flexibility index (Phi) is 6.03. The number of carbonyl (C=O) groups excluding carboxylic acids is 1. The molecule has 0 bridgehead atoms. The average Bonchev–Trinajstić information content (AvgIpc) is 2.59. The Morgan fingerprint density at radius 2 is 1.77 bits per heavy atom. The molecule has 1 N–H and O–H groups in total. The first-order valence-electron chi connectivity index (χ1n) is 8.46. The molecule has 0 saturated carbocycles. The highest BCUT2D eigenvalue weighted by molar-refractivity contribution is 5.94. The molecule has 5 heteroatoms.